The lowest BCUT2D eigenvalue weighted by Gasteiger charge is -2.26. The van der Waals surface area contributed by atoms with E-state index < -0.39 is 0 Å². The van der Waals surface area contributed by atoms with Crippen LogP contribution in [-0.2, 0) is 0 Å². The summed E-state index contributed by atoms with van der Waals surface area (Å²) in [6.07, 6.45) is 7.72. The van der Waals surface area contributed by atoms with E-state index >= 15 is 0 Å². The van der Waals surface area contributed by atoms with Crippen LogP contribution in [0.4, 0.5) is 0 Å². The van der Waals surface area contributed by atoms with Crippen LogP contribution in [0.5, 0.6) is 0 Å². The van der Waals surface area contributed by atoms with E-state index in [0.717, 1.165) is 18.1 Å². The number of nitrogens with zero attached hydrogens (tertiary/aromatic N) is 1. The van der Waals surface area contributed by atoms with E-state index in [1.807, 2.05) is 11.8 Å². The summed E-state index contributed by atoms with van der Waals surface area (Å²) in [5.74, 6) is 1.30. The van der Waals surface area contributed by atoms with Crippen molar-refractivity contribution in [2.24, 2.45) is 0 Å². The van der Waals surface area contributed by atoms with Crippen molar-refractivity contribution in [1.82, 2.24) is 10.2 Å². The molecule has 1 aliphatic carbocycles. The van der Waals surface area contributed by atoms with Gasteiger partial charge in [0.15, 0.2) is 0 Å². The van der Waals surface area contributed by atoms with Crippen molar-refractivity contribution < 1.29 is 0 Å². The largest absolute Gasteiger partial charge is 0.310 e. The third-order valence-electron chi connectivity index (χ3n) is 3.62. The number of rotatable bonds is 6. The van der Waals surface area contributed by atoms with Gasteiger partial charge in [-0.15, -0.1) is 0 Å². The second-order valence-corrected chi connectivity index (χ2v) is 5.85. The second-order valence-electron chi connectivity index (χ2n) is 4.94. The highest BCUT2D eigenvalue weighted by Gasteiger charge is 2.31. The Hall–Kier alpha value is 0.270. The lowest BCUT2D eigenvalue weighted by Crippen LogP contribution is -2.39. The first-order valence-corrected chi connectivity index (χ1v) is 7.72. The van der Waals surface area contributed by atoms with Crippen molar-refractivity contribution in [3.63, 3.8) is 0 Å². The van der Waals surface area contributed by atoms with Gasteiger partial charge in [0.05, 0.1) is 0 Å². The molecule has 88 valence electrons. The van der Waals surface area contributed by atoms with Gasteiger partial charge < -0.3 is 5.32 Å². The van der Waals surface area contributed by atoms with Gasteiger partial charge in [-0.25, -0.2) is 0 Å². The Morgan fingerprint density at radius 2 is 2.13 bits per heavy atom. The fourth-order valence-corrected chi connectivity index (χ4v) is 3.34. The number of nitrogens with one attached hydrogen (secondary N) is 1. The summed E-state index contributed by atoms with van der Waals surface area (Å²) >= 11 is 1.99. The van der Waals surface area contributed by atoms with Gasteiger partial charge in [0.2, 0.25) is 0 Å². The van der Waals surface area contributed by atoms with Crippen LogP contribution in [0, 0.1) is 0 Å². The average Bonchev–Trinajstić information content (AvgIpc) is 2.92. The molecule has 1 aliphatic heterocycles. The molecule has 1 saturated heterocycles. The molecular formula is C12H24N2S. The first-order chi connectivity index (χ1) is 7.33. The molecule has 2 atom stereocenters. The maximum atomic E-state index is 3.76. The van der Waals surface area contributed by atoms with E-state index in [0.29, 0.717) is 0 Å². The molecular weight excluding hydrogens is 204 g/mol. The van der Waals surface area contributed by atoms with E-state index in [-0.39, 0.29) is 0 Å². The molecule has 0 aromatic rings. The van der Waals surface area contributed by atoms with Crippen molar-refractivity contribution in [3.8, 4) is 0 Å². The summed E-state index contributed by atoms with van der Waals surface area (Å²) in [6.45, 7) is 4.92. The Balaban J connectivity index is 1.73. The number of hydrogen-bond acceptors (Lipinski definition) is 3. The number of likely N-dealkylation sites (tertiary alicyclic amines) is 1. The van der Waals surface area contributed by atoms with Gasteiger partial charge in [-0.2, -0.15) is 11.8 Å². The molecule has 1 heterocycles. The predicted molar refractivity (Wildman–Crippen MR) is 68.6 cm³/mol. The zero-order chi connectivity index (χ0) is 10.7. The Kier molecular flexibility index (Phi) is 4.35. The molecule has 0 aromatic heterocycles. The van der Waals surface area contributed by atoms with Crippen LogP contribution < -0.4 is 5.32 Å². The lowest BCUT2D eigenvalue weighted by molar-refractivity contribution is 0.250. The highest BCUT2D eigenvalue weighted by atomic mass is 32.2. The molecule has 2 nitrogen and oxygen atoms in total. The highest BCUT2D eigenvalue weighted by Crippen LogP contribution is 2.23. The normalized spacial score (nSPS) is 29.6. The third kappa shape index (κ3) is 3.36. The van der Waals surface area contributed by atoms with Gasteiger partial charge in [-0.1, -0.05) is 6.92 Å². The molecule has 0 amide bonds. The molecule has 2 unspecified atom stereocenters. The van der Waals surface area contributed by atoms with Crippen LogP contribution in [0.3, 0.4) is 0 Å². The van der Waals surface area contributed by atoms with E-state index in [1.54, 1.807) is 0 Å². The minimum Gasteiger partial charge on any atom is -0.310 e. The van der Waals surface area contributed by atoms with Gasteiger partial charge >= 0.3 is 0 Å². The van der Waals surface area contributed by atoms with E-state index in [1.165, 1.54) is 44.5 Å². The SMILES string of the molecule is CCC(CSC)N1CCC(NC2CC2)C1. The van der Waals surface area contributed by atoms with Gasteiger partial charge in [-0.3, -0.25) is 4.90 Å². The standard InChI is InChI=1S/C12H24N2S/c1-3-12(9-15-2)14-7-6-11(8-14)13-10-4-5-10/h10-13H,3-9H2,1-2H3. The number of thioether (sulfide) groups is 1. The Labute approximate surface area is 98.2 Å². The molecule has 0 radical (unpaired) electrons. The van der Waals surface area contributed by atoms with Gasteiger partial charge in [0.1, 0.15) is 0 Å². The van der Waals surface area contributed by atoms with Crippen LogP contribution in [-0.4, -0.2) is 48.1 Å². The quantitative estimate of drug-likeness (QED) is 0.748. The Morgan fingerprint density at radius 1 is 1.33 bits per heavy atom. The molecule has 0 bridgehead atoms. The fraction of sp³-hybridized carbons (Fsp3) is 1.00. The van der Waals surface area contributed by atoms with Crippen molar-refractivity contribution in [2.45, 2.75) is 50.7 Å². The average molecular weight is 228 g/mol. The second kappa shape index (κ2) is 5.55. The molecule has 1 N–H and O–H groups in total. The van der Waals surface area contributed by atoms with Gasteiger partial charge in [-0.05, 0) is 31.9 Å². The third-order valence-corrected chi connectivity index (χ3v) is 4.33. The van der Waals surface area contributed by atoms with Crippen LogP contribution in [0.1, 0.15) is 32.6 Å². The summed E-state index contributed by atoms with van der Waals surface area (Å²) in [6, 6.07) is 2.47. The number of hydrogen-bond donors (Lipinski definition) is 1. The summed E-state index contributed by atoms with van der Waals surface area (Å²) < 4.78 is 0. The van der Waals surface area contributed by atoms with Crippen molar-refractivity contribution in [2.75, 3.05) is 25.1 Å². The molecule has 3 heteroatoms. The summed E-state index contributed by atoms with van der Waals surface area (Å²) in [5, 5.41) is 3.76. The minimum atomic E-state index is 0.786. The van der Waals surface area contributed by atoms with E-state index in [4.69, 9.17) is 0 Å². The van der Waals surface area contributed by atoms with Crippen molar-refractivity contribution in [3.05, 3.63) is 0 Å². The predicted octanol–water partition coefficient (Wildman–Crippen LogP) is 1.95. The first kappa shape index (κ1) is 11.7. The van der Waals surface area contributed by atoms with Crippen LogP contribution in [0.2, 0.25) is 0 Å². The lowest BCUT2D eigenvalue weighted by atomic mass is 10.2. The van der Waals surface area contributed by atoms with Gasteiger partial charge in [0.25, 0.3) is 0 Å². The molecule has 2 aliphatic rings. The maximum Gasteiger partial charge on any atom is 0.0209 e. The topological polar surface area (TPSA) is 15.3 Å². The van der Waals surface area contributed by atoms with Crippen molar-refractivity contribution >= 4 is 11.8 Å². The smallest absolute Gasteiger partial charge is 0.0209 e. The summed E-state index contributed by atoms with van der Waals surface area (Å²) in [5.41, 5.74) is 0. The minimum absolute atomic E-state index is 0.786. The molecule has 2 rings (SSSR count). The Bertz CT molecular complexity index is 194. The molecule has 0 spiro atoms. The summed E-state index contributed by atoms with van der Waals surface area (Å²) in [7, 11) is 0. The van der Waals surface area contributed by atoms with E-state index in [9.17, 15) is 0 Å². The fourth-order valence-electron chi connectivity index (χ4n) is 2.51. The molecule has 1 saturated carbocycles. The zero-order valence-electron chi connectivity index (χ0n) is 10.0. The monoisotopic (exact) mass is 228 g/mol. The Morgan fingerprint density at radius 3 is 2.73 bits per heavy atom. The first-order valence-electron chi connectivity index (χ1n) is 6.32. The van der Waals surface area contributed by atoms with Crippen LogP contribution in [0.25, 0.3) is 0 Å². The van der Waals surface area contributed by atoms with Crippen molar-refractivity contribution in [1.29, 1.82) is 0 Å². The summed E-state index contributed by atoms with van der Waals surface area (Å²) in [4.78, 5) is 2.69. The molecule has 15 heavy (non-hydrogen) atoms. The maximum absolute atomic E-state index is 3.76. The van der Waals surface area contributed by atoms with Crippen LogP contribution >= 0.6 is 11.8 Å². The van der Waals surface area contributed by atoms with Gasteiger partial charge in [0, 0.05) is 37.0 Å². The molecule has 0 aromatic carbocycles. The van der Waals surface area contributed by atoms with Crippen LogP contribution in [0.15, 0.2) is 0 Å². The van der Waals surface area contributed by atoms with E-state index in [2.05, 4.69) is 23.4 Å². The highest BCUT2D eigenvalue weighted by molar-refractivity contribution is 7.98. The zero-order valence-corrected chi connectivity index (χ0v) is 10.9. The molecule has 2 fully saturated rings.